The molecule has 1 aliphatic rings. The van der Waals surface area contributed by atoms with Crippen molar-refractivity contribution in [1.82, 2.24) is 15.5 Å². The highest BCUT2D eigenvalue weighted by molar-refractivity contribution is 5.92. The molecule has 0 unspecified atom stereocenters. The normalized spacial score (nSPS) is 14.3. The molecule has 0 spiro atoms. The number of aromatic nitrogens is 2. The van der Waals surface area contributed by atoms with Crippen LogP contribution in [0.25, 0.3) is 0 Å². The molecule has 0 radical (unpaired) electrons. The number of rotatable bonds is 7. The van der Waals surface area contributed by atoms with Crippen molar-refractivity contribution in [2.45, 2.75) is 26.7 Å². The van der Waals surface area contributed by atoms with Crippen molar-refractivity contribution in [2.75, 3.05) is 36.5 Å². The zero-order chi connectivity index (χ0) is 20.6. The SMILES string of the molecule is CC(=O)NCCOc1ccc(NC(=O)C2CCN(c3ccc(C)nn3)CC2)cc1. The smallest absolute Gasteiger partial charge is 0.227 e. The third kappa shape index (κ3) is 6.17. The lowest BCUT2D eigenvalue weighted by Crippen LogP contribution is -2.38. The first-order valence-corrected chi connectivity index (χ1v) is 9.85. The Morgan fingerprint density at radius 1 is 1.10 bits per heavy atom. The van der Waals surface area contributed by atoms with E-state index in [0.717, 1.165) is 43.1 Å². The van der Waals surface area contributed by atoms with Crippen molar-refractivity contribution in [1.29, 1.82) is 0 Å². The highest BCUT2D eigenvalue weighted by atomic mass is 16.5. The Morgan fingerprint density at radius 3 is 2.45 bits per heavy atom. The molecular weight excluding hydrogens is 370 g/mol. The Kier molecular flexibility index (Phi) is 6.99. The minimum absolute atomic E-state index is 0.0155. The Hall–Kier alpha value is -3.16. The molecule has 0 bridgehead atoms. The van der Waals surface area contributed by atoms with Gasteiger partial charge in [0.2, 0.25) is 11.8 Å². The van der Waals surface area contributed by atoms with Gasteiger partial charge in [-0.3, -0.25) is 9.59 Å². The summed E-state index contributed by atoms with van der Waals surface area (Å²) in [6.45, 7) is 5.82. The number of carbonyl (C=O) groups excluding carboxylic acids is 2. The predicted octanol–water partition coefficient (Wildman–Crippen LogP) is 2.16. The molecule has 1 aliphatic heterocycles. The number of hydrogen-bond donors (Lipinski definition) is 2. The van der Waals surface area contributed by atoms with Crippen LogP contribution in [-0.2, 0) is 9.59 Å². The van der Waals surface area contributed by atoms with Crippen molar-refractivity contribution >= 4 is 23.3 Å². The number of nitrogens with zero attached hydrogens (tertiary/aromatic N) is 3. The molecule has 0 saturated carbocycles. The monoisotopic (exact) mass is 397 g/mol. The summed E-state index contributed by atoms with van der Waals surface area (Å²) in [7, 11) is 0. The van der Waals surface area contributed by atoms with Crippen LogP contribution in [0.3, 0.4) is 0 Å². The maximum atomic E-state index is 12.6. The largest absolute Gasteiger partial charge is 0.492 e. The molecule has 1 aromatic carbocycles. The van der Waals surface area contributed by atoms with Crippen molar-refractivity contribution < 1.29 is 14.3 Å². The molecule has 0 atom stereocenters. The van der Waals surface area contributed by atoms with E-state index in [4.69, 9.17) is 4.74 Å². The Labute approximate surface area is 170 Å². The number of anilines is 2. The summed E-state index contributed by atoms with van der Waals surface area (Å²) in [5, 5.41) is 14.0. The van der Waals surface area contributed by atoms with Crippen LogP contribution in [0, 0.1) is 12.8 Å². The van der Waals surface area contributed by atoms with Gasteiger partial charge in [0.1, 0.15) is 12.4 Å². The molecule has 2 aromatic rings. The van der Waals surface area contributed by atoms with Crippen molar-refractivity contribution in [3.8, 4) is 5.75 Å². The van der Waals surface area contributed by atoms with E-state index in [-0.39, 0.29) is 17.7 Å². The fraction of sp³-hybridized carbons (Fsp3) is 0.429. The molecule has 2 heterocycles. The molecule has 8 heteroatoms. The molecule has 0 aliphatic carbocycles. The van der Waals surface area contributed by atoms with Crippen LogP contribution < -0.4 is 20.3 Å². The van der Waals surface area contributed by atoms with E-state index in [0.29, 0.717) is 18.9 Å². The van der Waals surface area contributed by atoms with Crippen molar-refractivity contribution in [2.24, 2.45) is 5.92 Å². The van der Waals surface area contributed by atoms with Crippen LogP contribution in [-0.4, -0.2) is 48.3 Å². The van der Waals surface area contributed by atoms with Gasteiger partial charge in [-0.2, -0.15) is 5.10 Å². The molecule has 1 fully saturated rings. The van der Waals surface area contributed by atoms with Gasteiger partial charge in [-0.25, -0.2) is 0 Å². The Morgan fingerprint density at radius 2 is 1.83 bits per heavy atom. The summed E-state index contributed by atoms with van der Waals surface area (Å²) in [6, 6.07) is 11.2. The fourth-order valence-electron chi connectivity index (χ4n) is 3.21. The third-order valence-corrected chi connectivity index (χ3v) is 4.84. The highest BCUT2D eigenvalue weighted by Crippen LogP contribution is 2.23. The minimum Gasteiger partial charge on any atom is -0.492 e. The maximum absolute atomic E-state index is 12.6. The van der Waals surface area contributed by atoms with Crippen LogP contribution >= 0.6 is 0 Å². The number of nitrogens with one attached hydrogen (secondary N) is 2. The van der Waals surface area contributed by atoms with Crippen molar-refractivity contribution in [3.05, 3.63) is 42.1 Å². The van der Waals surface area contributed by atoms with Gasteiger partial charge in [-0.05, 0) is 56.2 Å². The Bertz CT molecular complexity index is 815. The first-order chi connectivity index (χ1) is 14.0. The molecule has 1 aromatic heterocycles. The molecule has 1 saturated heterocycles. The average Bonchev–Trinajstić information content (AvgIpc) is 2.73. The number of hydrogen-bond acceptors (Lipinski definition) is 6. The van der Waals surface area contributed by atoms with Gasteiger partial charge < -0.3 is 20.3 Å². The number of ether oxygens (including phenoxy) is 1. The zero-order valence-electron chi connectivity index (χ0n) is 16.9. The van der Waals surface area contributed by atoms with Gasteiger partial charge >= 0.3 is 0 Å². The first-order valence-electron chi connectivity index (χ1n) is 9.85. The standard InChI is InChI=1S/C21H27N5O3/c1-15-3-8-20(25-24-15)26-12-9-17(10-13-26)21(28)23-18-4-6-19(7-5-18)29-14-11-22-16(2)27/h3-8,17H,9-14H2,1-2H3,(H,22,27)(H,23,28). The molecule has 2 N–H and O–H groups in total. The lowest BCUT2D eigenvalue weighted by atomic mass is 9.96. The fourth-order valence-corrected chi connectivity index (χ4v) is 3.21. The second kappa shape index (κ2) is 9.86. The molecule has 8 nitrogen and oxygen atoms in total. The second-order valence-electron chi connectivity index (χ2n) is 7.14. The highest BCUT2D eigenvalue weighted by Gasteiger charge is 2.25. The van der Waals surface area contributed by atoms with Crippen LogP contribution in [0.1, 0.15) is 25.5 Å². The summed E-state index contributed by atoms with van der Waals surface area (Å²) in [6.07, 6.45) is 1.57. The minimum atomic E-state index is -0.0794. The van der Waals surface area contributed by atoms with E-state index < -0.39 is 0 Å². The van der Waals surface area contributed by atoms with Gasteiger partial charge in [0, 0.05) is 31.6 Å². The predicted molar refractivity (Wildman–Crippen MR) is 111 cm³/mol. The summed E-state index contributed by atoms with van der Waals surface area (Å²) in [5.41, 5.74) is 1.64. The van der Waals surface area contributed by atoms with E-state index in [2.05, 4.69) is 25.7 Å². The quantitative estimate of drug-likeness (QED) is 0.695. The number of carbonyl (C=O) groups is 2. The van der Waals surface area contributed by atoms with Crippen LogP contribution in [0.15, 0.2) is 36.4 Å². The van der Waals surface area contributed by atoms with Crippen LogP contribution in [0.4, 0.5) is 11.5 Å². The van der Waals surface area contributed by atoms with Crippen LogP contribution in [0.5, 0.6) is 5.75 Å². The summed E-state index contributed by atoms with van der Waals surface area (Å²) in [4.78, 5) is 25.6. The van der Waals surface area contributed by atoms with E-state index in [9.17, 15) is 9.59 Å². The molecule has 2 amide bonds. The summed E-state index contributed by atoms with van der Waals surface area (Å²) >= 11 is 0. The van der Waals surface area contributed by atoms with Crippen molar-refractivity contribution in [3.63, 3.8) is 0 Å². The Balaban J connectivity index is 1.43. The van der Waals surface area contributed by atoms with Crippen LogP contribution in [0.2, 0.25) is 0 Å². The van der Waals surface area contributed by atoms with E-state index in [1.807, 2.05) is 43.3 Å². The summed E-state index contributed by atoms with van der Waals surface area (Å²) in [5.74, 6) is 1.51. The zero-order valence-corrected chi connectivity index (χ0v) is 16.9. The molecule has 154 valence electrons. The number of piperidine rings is 1. The van der Waals surface area contributed by atoms with E-state index in [1.54, 1.807) is 0 Å². The summed E-state index contributed by atoms with van der Waals surface area (Å²) < 4.78 is 5.55. The number of amides is 2. The van der Waals surface area contributed by atoms with E-state index >= 15 is 0 Å². The van der Waals surface area contributed by atoms with Gasteiger partial charge in [-0.15, -0.1) is 5.10 Å². The van der Waals surface area contributed by atoms with Gasteiger partial charge in [0.05, 0.1) is 12.2 Å². The topological polar surface area (TPSA) is 96.5 Å². The maximum Gasteiger partial charge on any atom is 0.227 e. The van der Waals surface area contributed by atoms with Gasteiger partial charge in [0.25, 0.3) is 0 Å². The molecule has 29 heavy (non-hydrogen) atoms. The lowest BCUT2D eigenvalue weighted by Gasteiger charge is -2.31. The van der Waals surface area contributed by atoms with E-state index in [1.165, 1.54) is 6.92 Å². The van der Waals surface area contributed by atoms with Gasteiger partial charge in [-0.1, -0.05) is 0 Å². The number of aryl methyl sites for hydroxylation is 1. The second-order valence-corrected chi connectivity index (χ2v) is 7.14. The first kappa shape index (κ1) is 20.6. The third-order valence-electron chi connectivity index (χ3n) is 4.84. The number of benzene rings is 1. The molecule has 3 rings (SSSR count). The average molecular weight is 397 g/mol. The van der Waals surface area contributed by atoms with Gasteiger partial charge in [0.15, 0.2) is 5.82 Å². The molecular formula is C21H27N5O3. The lowest BCUT2D eigenvalue weighted by molar-refractivity contribution is -0.120.